The van der Waals surface area contributed by atoms with Gasteiger partial charge >= 0.3 is 0 Å². The summed E-state index contributed by atoms with van der Waals surface area (Å²) in [5.74, 6) is 0.339. The van der Waals surface area contributed by atoms with Crippen molar-refractivity contribution in [2.75, 3.05) is 20.1 Å². The van der Waals surface area contributed by atoms with Crippen LogP contribution in [0.5, 0.6) is 5.75 Å². The Morgan fingerprint density at radius 2 is 1.97 bits per heavy atom. The number of hydrogen-bond acceptors (Lipinski definition) is 3. The average Bonchev–Trinajstić information content (AvgIpc) is 3.11. The summed E-state index contributed by atoms with van der Waals surface area (Å²) in [4.78, 5) is 16.0. The highest BCUT2D eigenvalue weighted by atomic mass is 127. The minimum absolute atomic E-state index is 0. The number of hydrogen-bond donors (Lipinski definition) is 3. The van der Waals surface area contributed by atoms with Crippen LogP contribution >= 0.6 is 24.0 Å². The number of carbonyl (C=O) groups excluding carboxylic acids is 1. The van der Waals surface area contributed by atoms with E-state index in [1.54, 1.807) is 19.2 Å². The van der Waals surface area contributed by atoms with Crippen LogP contribution in [0.2, 0.25) is 0 Å². The smallest absolute Gasteiger partial charge is 0.222 e. The number of nitrogens with one attached hydrogen (secondary N) is 2. The highest BCUT2D eigenvalue weighted by Crippen LogP contribution is 2.27. The van der Waals surface area contributed by atoms with Gasteiger partial charge in [0.1, 0.15) is 17.7 Å². The van der Waals surface area contributed by atoms with Crippen LogP contribution in [0.1, 0.15) is 11.1 Å². The molecule has 156 valence electrons. The van der Waals surface area contributed by atoms with Crippen molar-refractivity contribution in [1.82, 2.24) is 10.6 Å². The third kappa shape index (κ3) is 6.59. The molecule has 8 heteroatoms. The number of fused-ring (bicyclic) bond motifs is 1. The zero-order chi connectivity index (χ0) is 19.9. The van der Waals surface area contributed by atoms with Gasteiger partial charge in [-0.05, 0) is 35.7 Å². The molecular weight excluding hydrogens is 486 g/mol. The molecule has 2 aromatic carbocycles. The molecular formula is C21H26FIN4O2. The first-order chi connectivity index (χ1) is 13.5. The molecule has 0 fully saturated rings. The molecule has 6 nitrogen and oxygen atoms in total. The maximum Gasteiger partial charge on any atom is 0.222 e. The van der Waals surface area contributed by atoms with Crippen molar-refractivity contribution in [2.45, 2.75) is 18.9 Å². The van der Waals surface area contributed by atoms with Gasteiger partial charge in [0.15, 0.2) is 5.96 Å². The van der Waals surface area contributed by atoms with Crippen molar-refractivity contribution in [3.8, 4) is 5.75 Å². The number of carbonyl (C=O) groups is 1. The zero-order valence-electron chi connectivity index (χ0n) is 16.2. The highest BCUT2D eigenvalue weighted by Gasteiger charge is 2.22. The third-order valence-electron chi connectivity index (χ3n) is 4.75. The van der Waals surface area contributed by atoms with E-state index < -0.39 is 11.8 Å². The molecule has 0 radical (unpaired) electrons. The monoisotopic (exact) mass is 512 g/mol. The molecule has 3 rings (SSSR count). The molecule has 0 bridgehead atoms. The molecule has 2 unspecified atom stereocenters. The highest BCUT2D eigenvalue weighted by molar-refractivity contribution is 14.0. The number of benzene rings is 2. The zero-order valence-corrected chi connectivity index (χ0v) is 18.6. The second-order valence-corrected chi connectivity index (χ2v) is 6.82. The number of rotatable bonds is 7. The maximum absolute atomic E-state index is 13.0. The molecule has 0 aromatic heterocycles. The Labute approximate surface area is 187 Å². The van der Waals surface area contributed by atoms with E-state index in [-0.39, 0.29) is 35.9 Å². The van der Waals surface area contributed by atoms with Gasteiger partial charge in [0.05, 0.1) is 12.5 Å². The predicted molar refractivity (Wildman–Crippen MR) is 122 cm³/mol. The minimum atomic E-state index is -0.434. The van der Waals surface area contributed by atoms with Gasteiger partial charge in [-0.3, -0.25) is 9.79 Å². The van der Waals surface area contributed by atoms with E-state index in [2.05, 4.69) is 21.7 Å². The molecule has 29 heavy (non-hydrogen) atoms. The largest absolute Gasteiger partial charge is 0.488 e. The quantitative estimate of drug-likeness (QED) is 0.302. The van der Waals surface area contributed by atoms with Gasteiger partial charge in [-0.15, -0.1) is 24.0 Å². The molecule has 2 aromatic rings. The van der Waals surface area contributed by atoms with Gasteiger partial charge in [-0.25, -0.2) is 4.39 Å². The fraction of sp³-hybridized carbons (Fsp3) is 0.333. The number of guanidine groups is 1. The Kier molecular flexibility index (Phi) is 8.69. The summed E-state index contributed by atoms with van der Waals surface area (Å²) in [6.07, 6.45) is 1.30. The summed E-state index contributed by atoms with van der Waals surface area (Å²) >= 11 is 0. The second-order valence-electron chi connectivity index (χ2n) is 6.82. The molecule has 1 aliphatic rings. The molecule has 0 spiro atoms. The number of primary amides is 1. The average molecular weight is 512 g/mol. The van der Waals surface area contributed by atoms with Crippen molar-refractivity contribution in [1.29, 1.82) is 0 Å². The van der Waals surface area contributed by atoms with Gasteiger partial charge in [-0.2, -0.15) is 0 Å². The van der Waals surface area contributed by atoms with Gasteiger partial charge in [0.2, 0.25) is 5.91 Å². The first-order valence-electron chi connectivity index (χ1n) is 9.28. The molecule has 2 atom stereocenters. The fourth-order valence-corrected chi connectivity index (χ4v) is 3.20. The van der Waals surface area contributed by atoms with E-state index in [9.17, 15) is 9.18 Å². The van der Waals surface area contributed by atoms with Crippen LogP contribution in [0.3, 0.4) is 0 Å². The summed E-state index contributed by atoms with van der Waals surface area (Å²) in [5, 5.41) is 6.36. The predicted octanol–water partition coefficient (Wildman–Crippen LogP) is 2.26. The maximum atomic E-state index is 13.0. The number of para-hydroxylation sites is 1. The number of nitrogens with two attached hydrogens (primary N) is 1. The topological polar surface area (TPSA) is 88.7 Å². The van der Waals surface area contributed by atoms with Gasteiger partial charge < -0.3 is 21.1 Å². The summed E-state index contributed by atoms with van der Waals surface area (Å²) in [7, 11) is 1.67. The first kappa shape index (κ1) is 22.9. The number of halogens is 2. The Balaban J connectivity index is 0.00000300. The van der Waals surface area contributed by atoms with E-state index in [0.717, 1.165) is 17.7 Å². The Morgan fingerprint density at radius 3 is 2.62 bits per heavy atom. The molecule has 0 aliphatic carbocycles. The van der Waals surface area contributed by atoms with Crippen LogP contribution in [0, 0.1) is 11.7 Å². The normalized spacial score (nSPS) is 16.2. The van der Waals surface area contributed by atoms with Gasteiger partial charge in [0.25, 0.3) is 0 Å². The Morgan fingerprint density at radius 1 is 1.24 bits per heavy atom. The van der Waals surface area contributed by atoms with Crippen LogP contribution < -0.4 is 21.1 Å². The SMILES string of the molecule is CN=C(NCC1Cc2ccccc2O1)NCC(Cc1ccc(F)cc1)C(N)=O.I. The molecule has 4 N–H and O–H groups in total. The van der Waals surface area contributed by atoms with E-state index in [1.807, 2.05) is 18.2 Å². The lowest BCUT2D eigenvalue weighted by Crippen LogP contribution is -2.45. The van der Waals surface area contributed by atoms with Crippen LogP contribution in [-0.4, -0.2) is 38.1 Å². The van der Waals surface area contributed by atoms with Gasteiger partial charge in [0, 0.05) is 20.0 Å². The lowest BCUT2D eigenvalue weighted by atomic mass is 9.98. The number of aliphatic imine (C=N–C) groups is 1. The van der Waals surface area contributed by atoms with Crippen molar-refractivity contribution in [3.63, 3.8) is 0 Å². The summed E-state index contributed by atoms with van der Waals surface area (Å²) in [6, 6.07) is 14.1. The van der Waals surface area contributed by atoms with Crippen molar-refractivity contribution < 1.29 is 13.9 Å². The van der Waals surface area contributed by atoms with E-state index in [0.29, 0.717) is 25.5 Å². The second kappa shape index (κ2) is 11.0. The van der Waals surface area contributed by atoms with E-state index in [1.165, 1.54) is 17.7 Å². The third-order valence-corrected chi connectivity index (χ3v) is 4.75. The van der Waals surface area contributed by atoms with Crippen molar-refractivity contribution >= 4 is 35.8 Å². The lowest BCUT2D eigenvalue weighted by Gasteiger charge is -2.18. The van der Waals surface area contributed by atoms with Crippen LogP contribution in [-0.2, 0) is 17.6 Å². The number of amides is 1. The van der Waals surface area contributed by atoms with Crippen LogP contribution in [0.25, 0.3) is 0 Å². The fourth-order valence-electron chi connectivity index (χ4n) is 3.20. The summed E-state index contributed by atoms with van der Waals surface area (Å²) in [6.45, 7) is 0.922. The van der Waals surface area contributed by atoms with Crippen molar-refractivity contribution in [3.05, 3.63) is 65.5 Å². The molecule has 1 amide bonds. The standard InChI is InChI=1S/C21H25FN4O2.HI/c1-24-21(26-13-18-11-15-4-2-3-5-19(15)28-18)25-12-16(20(23)27)10-14-6-8-17(22)9-7-14;/h2-9,16,18H,10-13H2,1H3,(H2,23,27)(H2,24,25,26);1H. The summed E-state index contributed by atoms with van der Waals surface area (Å²) in [5.41, 5.74) is 7.58. The molecule has 0 saturated carbocycles. The Bertz CT molecular complexity index is 820. The van der Waals surface area contributed by atoms with E-state index in [4.69, 9.17) is 10.5 Å². The van der Waals surface area contributed by atoms with E-state index >= 15 is 0 Å². The number of nitrogens with zero attached hydrogens (tertiary/aromatic N) is 1. The van der Waals surface area contributed by atoms with Gasteiger partial charge in [-0.1, -0.05) is 30.3 Å². The molecule has 1 heterocycles. The lowest BCUT2D eigenvalue weighted by molar-refractivity contribution is -0.121. The van der Waals surface area contributed by atoms with Crippen molar-refractivity contribution in [2.24, 2.45) is 16.6 Å². The Hall–Kier alpha value is -2.36. The minimum Gasteiger partial charge on any atom is -0.488 e. The first-order valence-corrected chi connectivity index (χ1v) is 9.28. The van der Waals surface area contributed by atoms with Crippen LogP contribution in [0.4, 0.5) is 4.39 Å². The summed E-state index contributed by atoms with van der Waals surface area (Å²) < 4.78 is 18.9. The van der Waals surface area contributed by atoms with Crippen LogP contribution in [0.15, 0.2) is 53.5 Å². The molecule has 0 saturated heterocycles. The molecule has 1 aliphatic heterocycles. The number of ether oxygens (including phenoxy) is 1.